The van der Waals surface area contributed by atoms with Gasteiger partial charge in [-0.3, -0.25) is 0 Å². The lowest BCUT2D eigenvalue weighted by atomic mass is 10.3. The molecular formula is C9H15N3O. The Bertz CT molecular complexity index is 291. The third-order valence-corrected chi connectivity index (χ3v) is 2.72. The highest BCUT2D eigenvalue weighted by Crippen LogP contribution is 2.34. The maximum absolute atomic E-state index is 9.07. The molecule has 1 saturated carbocycles. The number of hydrogen-bond donors (Lipinski definition) is 2. The highest BCUT2D eigenvalue weighted by molar-refractivity contribution is 5.05. The summed E-state index contributed by atoms with van der Waals surface area (Å²) in [6.45, 7) is 1.03. The monoisotopic (exact) mass is 181 g/mol. The van der Waals surface area contributed by atoms with Crippen LogP contribution in [0, 0.1) is 0 Å². The minimum Gasteiger partial charge on any atom is -0.394 e. The average molecular weight is 181 g/mol. The third kappa shape index (κ3) is 1.73. The quantitative estimate of drug-likeness (QED) is 0.689. The zero-order chi connectivity index (χ0) is 9.31. The van der Waals surface area contributed by atoms with Gasteiger partial charge in [0.2, 0.25) is 0 Å². The molecule has 0 aliphatic heterocycles. The molecule has 0 atom stereocenters. The summed E-state index contributed by atoms with van der Waals surface area (Å²) in [6.07, 6.45) is 5.80. The van der Waals surface area contributed by atoms with Crippen molar-refractivity contribution in [2.24, 2.45) is 7.05 Å². The van der Waals surface area contributed by atoms with Crippen LogP contribution in [0.5, 0.6) is 0 Å². The molecule has 1 aliphatic carbocycles. The van der Waals surface area contributed by atoms with Crippen LogP contribution in [-0.4, -0.2) is 26.8 Å². The summed E-state index contributed by atoms with van der Waals surface area (Å²) in [5.41, 5.74) is 1.17. The van der Waals surface area contributed by atoms with Crippen LogP contribution in [0.1, 0.15) is 18.5 Å². The van der Waals surface area contributed by atoms with Crippen LogP contribution in [0.4, 0.5) is 0 Å². The van der Waals surface area contributed by atoms with Crippen molar-refractivity contribution in [2.45, 2.75) is 24.9 Å². The number of aliphatic hydroxyl groups is 1. The Hall–Kier alpha value is -0.870. The van der Waals surface area contributed by atoms with Gasteiger partial charge in [0.25, 0.3) is 0 Å². The summed E-state index contributed by atoms with van der Waals surface area (Å²) in [6, 6.07) is 0. The van der Waals surface area contributed by atoms with Gasteiger partial charge in [0.15, 0.2) is 0 Å². The van der Waals surface area contributed by atoms with Gasteiger partial charge < -0.3 is 15.0 Å². The highest BCUT2D eigenvalue weighted by Gasteiger charge is 2.41. The molecule has 1 aliphatic rings. The number of rotatable bonds is 4. The second-order valence-corrected chi connectivity index (χ2v) is 3.79. The molecule has 0 aromatic carbocycles. The second-order valence-electron chi connectivity index (χ2n) is 3.79. The van der Waals surface area contributed by atoms with Crippen molar-refractivity contribution < 1.29 is 5.11 Å². The average Bonchev–Trinajstić information content (AvgIpc) is 2.82. The fourth-order valence-electron chi connectivity index (χ4n) is 1.37. The molecule has 0 spiro atoms. The summed E-state index contributed by atoms with van der Waals surface area (Å²) >= 11 is 0. The minimum atomic E-state index is 0.0181. The standard InChI is InChI=1S/C9H15N3O/c1-12-7-10-4-8(12)5-11-9(6-13)2-3-9/h4,7,11,13H,2-3,5-6H2,1H3. The van der Waals surface area contributed by atoms with E-state index in [1.807, 2.05) is 17.8 Å². The van der Waals surface area contributed by atoms with E-state index in [0.29, 0.717) is 0 Å². The van der Waals surface area contributed by atoms with E-state index in [1.54, 1.807) is 6.33 Å². The van der Waals surface area contributed by atoms with Crippen LogP contribution >= 0.6 is 0 Å². The van der Waals surface area contributed by atoms with E-state index in [2.05, 4.69) is 10.3 Å². The van der Waals surface area contributed by atoms with Gasteiger partial charge in [-0.25, -0.2) is 4.98 Å². The van der Waals surface area contributed by atoms with Gasteiger partial charge in [-0.05, 0) is 12.8 Å². The van der Waals surface area contributed by atoms with Crippen molar-refractivity contribution >= 4 is 0 Å². The lowest BCUT2D eigenvalue weighted by molar-refractivity contribution is 0.229. The molecule has 1 fully saturated rings. The number of imidazole rings is 1. The Balaban J connectivity index is 1.90. The van der Waals surface area contributed by atoms with Gasteiger partial charge in [0.1, 0.15) is 0 Å². The van der Waals surface area contributed by atoms with Crippen molar-refractivity contribution in [3.05, 3.63) is 18.2 Å². The maximum Gasteiger partial charge on any atom is 0.0945 e. The first kappa shape index (κ1) is 8.72. The number of nitrogens with one attached hydrogen (secondary N) is 1. The minimum absolute atomic E-state index is 0.0181. The Labute approximate surface area is 77.6 Å². The van der Waals surface area contributed by atoms with Crippen LogP contribution in [0.3, 0.4) is 0 Å². The molecule has 0 saturated heterocycles. The zero-order valence-corrected chi connectivity index (χ0v) is 7.82. The highest BCUT2D eigenvalue weighted by atomic mass is 16.3. The number of aryl methyl sites for hydroxylation is 1. The van der Waals surface area contributed by atoms with Crippen LogP contribution < -0.4 is 5.32 Å². The van der Waals surface area contributed by atoms with Crippen LogP contribution in [-0.2, 0) is 13.6 Å². The summed E-state index contributed by atoms with van der Waals surface area (Å²) in [4.78, 5) is 4.03. The van der Waals surface area contributed by atoms with Crippen LogP contribution in [0.2, 0.25) is 0 Å². The first-order valence-electron chi connectivity index (χ1n) is 4.57. The molecule has 1 aromatic heterocycles. The van der Waals surface area contributed by atoms with E-state index < -0.39 is 0 Å². The molecule has 2 rings (SSSR count). The van der Waals surface area contributed by atoms with Gasteiger partial charge in [-0.1, -0.05) is 0 Å². The zero-order valence-electron chi connectivity index (χ0n) is 7.82. The molecule has 0 bridgehead atoms. The SMILES string of the molecule is Cn1cncc1CNC1(CO)CC1. The van der Waals surface area contributed by atoms with Gasteiger partial charge in [-0.15, -0.1) is 0 Å². The first-order chi connectivity index (χ1) is 6.26. The van der Waals surface area contributed by atoms with E-state index in [9.17, 15) is 0 Å². The summed E-state index contributed by atoms with van der Waals surface area (Å²) in [7, 11) is 1.97. The Morgan fingerprint density at radius 3 is 2.92 bits per heavy atom. The Kier molecular flexibility index (Phi) is 2.09. The molecule has 4 heteroatoms. The predicted molar refractivity (Wildman–Crippen MR) is 49.1 cm³/mol. The molecular weight excluding hydrogens is 166 g/mol. The van der Waals surface area contributed by atoms with E-state index in [0.717, 1.165) is 25.1 Å². The number of nitrogens with zero attached hydrogens (tertiary/aromatic N) is 2. The van der Waals surface area contributed by atoms with Gasteiger partial charge in [-0.2, -0.15) is 0 Å². The van der Waals surface area contributed by atoms with Crippen molar-refractivity contribution in [1.82, 2.24) is 14.9 Å². The summed E-state index contributed by atoms with van der Waals surface area (Å²) in [5, 5.41) is 12.4. The van der Waals surface area contributed by atoms with Crippen LogP contribution in [0.25, 0.3) is 0 Å². The first-order valence-corrected chi connectivity index (χ1v) is 4.57. The smallest absolute Gasteiger partial charge is 0.0945 e. The molecule has 4 nitrogen and oxygen atoms in total. The predicted octanol–water partition coefficient (Wildman–Crippen LogP) is 0.0346. The lowest BCUT2D eigenvalue weighted by Gasteiger charge is -2.13. The molecule has 2 N–H and O–H groups in total. The van der Waals surface area contributed by atoms with Crippen molar-refractivity contribution in [3.8, 4) is 0 Å². The van der Waals surface area contributed by atoms with Gasteiger partial charge in [0, 0.05) is 25.3 Å². The molecule has 72 valence electrons. The topological polar surface area (TPSA) is 50.1 Å². The van der Waals surface area contributed by atoms with E-state index in [-0.39, 0.29) is 12.1 Å². The summed E-state index contributed by atoms with van der Waals surface area (Å²) < 4.78 is 1.99. The van der Waals surface area contributed by atoms with Crippen LogP contribution in [0.15, 0.2) is 12.5 Å². The lowest BCUT2D eigenvalue weighted by Crippen LogP contribution is -2.34. The normalized spacial score (nSPS) is 18.9. The van der Waals surface area contributed by atoms with Gasteiger partial charge >= 0.3 is 0 Å². The number of aliphatic hydroxyl groups excluding tert-OH is 1. The molecule has 13 heavy (non-hydrogen) atoms. The summed E-state index contributed by atoms with van der Waals surface area (Å²) in [5.74, 6) is 0. The fraction of sp³-hybridized carbons (Fsp3) is 0.667. The van der Waals surface area contributed by atoms with Gasteiger partial charge in [0.05, 0.1) is 18.6 Å². The van der Waals surface area contributed by atoms with Crippen molar-refractivity contribution in [3.63, 3.8) is 0 Å². The molecule has 1 heterocycles. The van der Waals surface area contributed by atoms with E-state index in [4.69, 9.17) is 5.11 Å². The number of hydrogen-bond acceptors (Lipinski definition) is 3. The van der Waals surface area contributed by atoms with Crippen molar-refractivity contribution in [2.75, 3.05) is 6.61 Å². The second kappa shape index (κ2) is 3.12. The third-order valence-electron chi connectivity index (χ3n) is 2.72. The molecule has 0 unspecified atom stereocenters. The number of aromatic nitrogens is 2. The maximum atomic E-state index is 9.07. The van der Waals surface area contributed by atoms with Crippen molar-refractivity contribution in [1.29, 1.82) is 0 Å². The largest absolute Gasteiger partial charge is 0.394 e. The molecule has 1 aromatic rings. The molecule has 0 amide bonds. The molecule has 0 radical (unpaired) electrons. The van der Waals surface area contributed by atoms with E-state index >= 15 is 0 Å². The fourth-order valence-corrected chi connectivity index (χ4v) is 1.37. The van der Waals surface area contributed by atoms with E-state index in [1.165, 1.54) is 0 Å². The Morgan fingerprint density at radius 1 is 1.69 bits per heavy atom. The Morgan fingerprint density at radius 2 is 2.46 bits per heavy atom.